The first-order valence-corrected chi connectivity index (χ1v) is 9.95. The Morgan fingerprint density at radius 3 is 2.33 bits per heavy atom. The van der Waals surface area contributed by atoms with E-state index >= 15 is 0 Å². The van der Waals surface area contributed by atoms with E-state index in [4.69, 9.17) is 4.98 Å². The summed E-state index contributed by atoms with van der Waals surface area (Å²) in [7, 11) is 1.80. The Hall–Kier alpha value is -1.47. The lowest BCUT2D eigenvalue weighted by atomic mass is 9.93. The number of aryl methyl sites for hydroxylation is 1. The smallest absolute Gasteiger partial charge is 0.191 e. The molecule has 0 saturated carbocycles. The van der Waals surface area contributed by atoms with Gasteiger partial charge in [0.15, 0.2) is 5.96 Å². The van der Waals surface area contributed by atoms with Gasteiger partial charge in [0.2, 0.25) is 0 Å². The molecule has 0 aromatic carbocycles. The molecule has 132 valence electrons. The van der Waals surface area contributed by atoms with Gasteiger partial charge in [0.05, 0.1) is 21.4 Å². The van der Waals surface area contributed by atoms with E-state index in [0.29, 0.717) is 0 Å². The lowest BCUT2D eigenvalue weighted by molar-refractivity contribution is 0.570. The summed E-state index contributed by atoms with van der Waals surface area (Å²) in [5.74, 6) is 0.828. The molecule has 0 unspecified atom stereocenters. The standard InChI is InChI=1S/C17H27N5S2/c1-12-21-13(10-23-12)6-8-19-16(18-5)20-9-7-15-22-14(11-24-15)17(2,3)4/h10-11H,6-9H2,1-5H3,(H2,18,19,20). The minimum Gasteiger partial charge on any atom is -0.356 e. The van der Waals surface area contributed by atoms with Crippen molar-refractivity contribution in [2.75, 3.05) is 20.1 Å². The predicted molar refractivity (Wildman–Crippen MR) is 104 cm³/mol. The van der Waals surface area contributed by atoms with Crippen molar-refractivity contribution in [3.63, 3.8) is 0 Å². The van der Waals surface area contributed by atoms with Crippen LogP contribution in [0.4, 0.5) is 0 Å². The summed E-state index contributed by atoms with van der Waals surface area (Å²) in [4.78, 5) is 13.4. The lowest BCUT2D eigenvalue weighted by Gasteiger charge is -2.14. The monoisotopic (exact) mass is 365 g/mol. The van der Waals surface area contributed by atoms with E-state index in [2.05, 4.69) is 52.1 Å². The zero-order valence-electron chi connectivity index (χ0n) is 15.1. The summed E-state index contributed by atoms with van der Waals surface area (Å²) in [6, 6.07) is 0. The Morgan fingerprint density at radius 1 is 1.08 bits per heavy atom. The van der Waals surface area contributed by atoms with Crippen molar-refractivity contribution >= 4 is 28.6 Å². The fourth-order valence-electron chi connectivity index (χ4n) is 2.11. The maximum Gasteiger partial charge on any atom is 0.191 e. The van der Waals surface area contributed by atoms with Crippen LogP contribution in [-0.4, -0.2) is 36.1 Å². The highest BCUT2D eigenvalue weighted by atomic mass is 32.1. The minimum absolute atomic E-state index is 0.119. The molecule has 2 aromatic rings. The van der Waals surface area contributed by atoms with Crippen LogP contribution in [0.25, 0.3) is 0 Å². The average molecular weight is 366 g/mol. The van der Waals surface area contributed by atoms with Crippen LogP contribution in [0, 0.1) is 6.92 Å². The molecule has 0 aliphatic heterocycles. The van der Waals surface area contributed by atoms with Gasteiger partial charge in [0.25, 0.3) is 0 Å². The van der Waals surface area contributed by atoms with E-state index in [9.17, 15) is 0 Å². The number of guanidine groups is 1. The molecule has 7 heteroatoms. The number of aliphatic imine (C=N–C) groups is 1. The number of nitrogens with zero attached hydrogens (tertiary/aromatic N) is 3. The van der Waals surface area contributed by atoms with E-state index in [1.165, 1.54) is 10.7 Å². The first kappa shape index (κ1) is 18.9. The van der Waals surface area contributed by atoms with Crippen molar-refractivity contribution in [2.24, 2.45) is 4.99 Å². The first-order chi connectivity index (χ1) is 11.4. The zero-order chi connectivity index (χ0) is 17.6. The molecule has 0 atom stereocenters. The van der Waals surface area contributed by atoms with Crippen LogP contribution >= 0.6 is 22.7 Å². The summed E-state index contributed by atoms with van der Waals surface area (Å²) in [6.45, 7) is 10.3. The predicted octanol–water partition coefficient (Wildman–Crippen LogP) is 3.16. The van der Waals surface area contributed by atoms with E-state index in [0.717, 1.165) is 42.6 Å². The molecule has 2 heterocycles. The van der Waals surface area contributed by atoms with Gasteiger partial charge in [-0.15, -0.1) is 22.7 Å². The van der Waals surface area contributed by atoms with Crippen molar-refractivity contribution in [1.82, 2.24) is 20.6 Å². The van der Waals surface area contributed by atoms with Crippen LogP contribution in [0.2, 0.25) is 0 Å². The second kappa shape index (κ2) is 8.58. The summed E-state index contributed by atoms with van der Waals surface area (Å²) >= 11 is 3.43. The van der Waals surface area contributed by atoms with Gasteiger partial charge in [-0.25, -0.2) is 9.97 Å². The van der Waals surface area contributed by atoms with Crippen LogP contribution in [-0.2, 0) is 18.3 Å². The largest absolute Gasteiger partial charge is 0.356 e. The van der Waals surface area contributed by atoms with Gasteiger partial charge in [0.1, 0.15) is 0 Å². The van der Waals surface area contributed by atoms with E-state index in [1.807, 2.05) is 6.92 Å². The highest BCUT2D eigenvalue weighted by Gasteiger charge is 2.17. The van der Waals surface area contributed by atoms with Gasteiger partial charge in [0, 0.05) is 49.2 Å². The van der Waals surface area contributed by atoms with Crippen molar-refractivity contribution in [3.05, 3.63) is 32.2 Å². The minimum atomic E-state index is 0.119. The van der Waals surface area contributed by atoms with E-state index in [1.54, 1.807) is 29.7 Å². The fraction of sp³-hybridized carbons (Fsp3) is 0.588. The summed E-state index contributed by atoms with van der Waals surface area (Å²) in [5, 5.41) is 13.2. The number of nitrogens with one attached hydrogen (secondary N) is 2. The van der Waals surface area contributed by atoms with Crippen molar-refractivity contribution in [3.8, 4) is 0 Å². The molecule has 0 aliphatic rings. The second-order valence-electron chi connectivity index (χ2n) is 6.66. The Balaban J connectivity index is 1.70. The molecule has 0 spiro atoms. The fourth-order valence-corrected chi connectivity index (χ4v) is 3.78. The summed E-state index contributed by atoms with van der Waals surface area (Å²) in [5.41, 5.74) is 2.43. The molecule has 24 heavy (non-hydrogen) atoms. The molecule has 5 nitrogen and oxygen atoms in total. The highest BCUT2D eigenvalue weighted by Crippen LogP contribution is 2.23. The molecular weight excluding hydrogens is 338 g/mol. The number of aromatic nitrogens is 2. The Kier molecular flexibility index (Phi) is 6.74. The van der Waals surface area contributed by atoms with Gasteiger partial charge in [-0.05, 0) is 6.92 Å². The third-order valence-electron chi connectivity index (χ3n) is 3.52. The third-order valence-corrected chi connectivity index (χ3v) is 5.25. The van der Waals surface area contributed by atoms with Crippen molar-refractivity contribution in [2.45, 2.75) is 46.0 Å². The molecule has 0 radical (unpaired) electrons. The van der Waals surface area contributed by atoms with Crippen molar-refractivity contribution < 1.29 is 0 Å². The van der Waals surface area contributed by atoms with Gasteiger partial charge >= 0.3 is 0 Å². The summed E-state index contributed by atoms with van der Waals surface area (Å²) < 4.78 is 0. The van der Waals surface area contributed by atoms with Gasteiger partial charge in [-0.3, -0.25) is 4.99 Å². The molecule has 0 amide bonds. The number of rotatable bonds is 6. The maximum absolute atomic E-state index is 4.72. The molecular formula is C17H27N5S2. The van der Waals surface area contributed by atoms with Crippen LogP contribution < -0.4 is 10.6 Å². The van der Waals surface area contributed by atoms with E-state index < -0.39 is 0 Å². The van der Waals surface area contributed by atoms with Crippen LogP contribution in [0.5, 0.6) is 0 Å². The number of hydrogen-bond donors (Lipinski definition) is 2. The summed E-state index contributed by atoms with van der Waals surface area (Å²) in [6.07, 6.45) is 1.82. The molecule has 0 fully saturated rings. The molecule has 2 N–H and O–H groups in total. The lowest BCUT2D eigenvalue weighted by Crippen LogP contribution is -2.39. The SMILES string of the molecule is CN=C(NCCc1csc(C)n1)NCCc1nc(C(C)(C)C)cs1. The molecule has 0 saturated heterocycles. The number of hydrogen-bond acceptors (Lipinski definition) is 5. The third kappa shape index (κ3) is 5.87. The van der Waals surface area contributed by atoms with Crippen molar-refractivity contribution in [1.29, 1.82) is 0 Å². The maximum atomic E-state index is 4.72. The first-order valence-electron chi connectivity index (χ1n) is 8.19. The molecule has 2 aromatic heterocycles. The van der Waals surface area contributed by atoms with Crippen LogP contribution in [0.1, 0.15) is 42.2 Å². The van der Waals surface area contributed by atoms with Gasteiger partial charge in [-0.1, -0.05) is 20.8 Å². The van der Waals surface area contributed by atoms with Crippen LogP contribution in [0.3, 0.4) is 0 Å². The number of thiazole rings is 2. The Morgan fingerprint density at radius 2 is 1.79 bits per heavy atom. The average Bonchev–Trinajstić information content (AvgIpc) is 3.14. The molecule has 0 bridgehead atoms. The topological polar surface area (TPSA) is 62.2 Å². The van der Waals surface area contributed by atoms with Crippen LogP contribution in [0.15, 0.2) is 15.8 Å². The van der Waals surface area contributed by atoms with E-state index in [-0.39, 0.29) is 5.41 Å². The molecule has 2 rings (SSSR count). The molecule has 0 aliphatic carbocycles. The normalized spacial score (nSPS) is 12.5. The second-order valence-corrected chi connectivity index (χ2v) is 8.66. The quantitative estimate of drug-likeness (QED) is 0.610. The van der Waals surface area contributed by atoms with Gasteiger partial charge < -0.3 is 10.6 Å². The Bertz CT molecular complexity index is 667. The highest BCUT2D eigenvalue weighted by molar-refractivity contribution is 7.09. The Labute approximate surface area is 152 Å². The zero-order valence-corrected chi connectivity index (χ0v) is 16.8. The van der Waals surface area contributed by atoms with Gasteiger partial charge in [-0.2, -0.15) is 0 Å².